The van der Waals surface area contributed by atoms with E-state index in [1.807, 2.05) is 27.7 Å². The summed E-state index contributed by atoms with van der Waals surface area (Å²) < 4.78 is 13.3. The lowest BCUT2D eigenvalue weighted by molar-refractivity contribution is -0.133. The number of fused-ring (bicyclic) bond motifs is 2. The minimum absolute atomic E-state index is 0.0505. The number of imidazole rings is 1. The molecule has 0 spiro atoms. The van der Waals surface area contributed by atoms with Crippen LogP contribution in [0.3, 0.4) is 0 Å². The zero-order valence-corrected chi connectivity index (χ0v) is 21.2. The van der Waals surface area contributed by atoms with E-state index >= 15 is 0 Å². The van der Waals surface area contributed by atoms with Crippen molar-refractivity contribution in [3.63, 3.8) is 0 Å². The topological polar surface area (TPSA) is 135 Å². The Kier molecular flexibility index (Phi) is 5.64. The number of rotatable bonds is 5. The van der Waals surface area contributed by atoms with Crippen molar-refractivity contribution in [2.75, 3.05) is 31.6 Å². The predicted molar refractivity (Wildman–Crippen MR) is 142 cm³/mol. The minimum atomic E-state index is -0.257. The monoisotopic (exact) mass is 528 g/mol. The number of aromatic hydroxyl groups is 2. The Labute approximate surface area is 224 Å². The fraction of sp³-hybridized carbons (Fsp3) is 0.357. The van der Waals surface area contributed by atoms with Crippen molar-refractivity contribution in [1.82, 2.24) is 24.4 Å². The number of hydrogen-bond donors (Lipinski definition) is 3. The van der Waals surface area contributed by atoms with Crippen LogP contribution in [0.15, 0.2) is 42.6 Å². The van der Waals surface area contributed by atoms with E-state index in [1.54, 1.807) is 12.3 Å². The molecule has 1 saturated heterocycles. The number of amides is 1. The lowest BCUT2D eigenvalue weighted by Gasteiger charge is -2.33. The molecule has 1 aliphatic carbocycles. The Morgan fingerprint density at radius 1 is 0.974 bits per heavy atom. The highest BCUT2D eigenvalue weighted by Crippen LogP contribution is 2.38. The molecule has 4 aromatic rings. The van der Waals surface area contributed by atoms with Gasteiger partial charge in [0.2, 0.25) is 11.9 Å². The van der Waals surface area contributed by atoms with Gasteiger partial charge in [-0.2, -0.15) is 4.98 Å². The molecule has 200 valence electrons. The van der Waals surface area contributed by atoms with Gasteiger partial charge in [0, 0.05) is 48.9 Å². The SMILES string of the molecule is O=C(C1CC1)N1CCC[C@@H](Nc2nccc(-n3c(-c4ccc5c(c4)OCCO5)nc4cc(O)c(O)cc43)n2)C1. The fourth-order valence-electron chi connectivity index (χ4n) is 5.32. The van der Waals surface area contributed by atoms with E-state index in [2.05, 4.69) is 10.3 Å². The third-order valence-electron chi connectivity index (χ3n) is 7.41. The minimum Gasteiger partial charge on any atom is -0.504 e. The van der Waals surface area contributed by atoms with Gasteiger partial charge in [0.25, 0.3) is 0 Å². The first-order valence-corrected chi connectivity index (χ1v) is 13.3. The molecule has 2 aromatic heterocycles. The van der Waals surface area contributed by atoms with Crippen LogP contribution in [0.5, 0.6) is 23.0 Å². The second kappa shape index (κ2) is 9.33. The highest BCUT2D eigenvalue weighted by molar-refractivity contribution is 5.86. The number of hydrogen-bond acceptors (Lipinski definition) is 9. The number of carbonyl (C=O) groups is 1. The number of carbonyl (C=O) groups excluding carboxylic acids is 1. The average Bonchev–Trinajstić information content (AvgIpc) is 3.74. The molecule has 39 heavy (non-hydrogen) atoms. The van der Waals surface area contributed by atoms with Gasteiger partial charge in [-0.25, -0.2) is 9.97 Å². The normalized spacial score (nSPS) is 18.8. The summed E-state index contributed by atoms with van der Waals surface area (Å²) in [6.07, 6.45) is 5.51. The Morgan fingerprint density at radius 2 is 1.79 bits per heavy atom. The smallest absolute Gasteiger partial charge is 0.225 e. The van der Waals surface area contributed by atoms with E-state index in [0.717, 1.165) is 37.8 Å². The van der Waals surface area contributed by atoms with Gasteiger partial charge in [0.15, 0.2) is 23.0 Å². The summed E-state index contributed by atoms with van der Waals surface area (Å²) in [5.74, 6) is 2.76. The first kappa shape index (κ1) is 23.6. The van der Waals surface area contributed by atoms with Gasteiger partial charge < -0.3 is 29.9 Å². The van der Waals surface area contributed by atoms with Gasteiger partial charge in [-0.15, -0.1) is 0 Å². The van der Waals surface area contributed by atoms with Crippen LogP contribution in [0.2, 0.25) is 0 Å². The molecular weight excluding hydrogens is 500 g/mol. The highest BCUT2D eigenvalue weighted by Gasteiger charge is 2.35. The number of nitrogens with zero attached hydrogens (tertiary/aromatic N) is 5. The third-order valence-corrected chi connectivity index (χ3v) is 7.41. The average molecular weight is 529 g/mol. The van der Waals surface area contributed by atoms with Crippen molar-refractivity contribution >= 4 is 22.9 Å². The van der Waals surface area contributed by atoms with E-state index in [0.29, 0.717) is 59.9 Å². The first-order chi connectivity index (χ1) is 19.0. The van der Waals surface area contributed by atoms with Gasteiger partial charge >= 0.3 is 0 Å². The quantitative estimate of drug-likeness (QED) is 0.333. The number of anilines is 1. The van der Waals surface area contributed by atoms with Gasteiger partial charge in [-0.05, 0) is 49.9 Å². The van der Waals surface area contributed by atoms with Crippen LogP contribution in [-0.2, 0) is 4.79 Å². The summed E-state index contributed by atoms with van der Waals surface area (Å²) in [6, 6.07) is 10.3. The van der Waals surface area contributed by atoms with E-state index < -0.39 is 0 Å². The maximum Gasteiger partial charge on any atom is 0.225 e. The number of phenolic OH excluding ortho intramolecular Hbond substituents is 2. The molecule has 2 fully saturated rings. The molecule has 2 aliphatic heterocycles. The Bertz CT molecular complexity index is 1580. The lowest BCUT2D eigenvalue weighted by Crippen LogP contribution is -2.45. The van der Waals surface area contributed by atoms with Crippen LogP contribution in [-0.4, -0.2) is 72.9 Å². The van der Waals surface area contributed by atoms with Crippen LogP contribution in [0.1, 0.15) is 25.7 Å². The molecule has 11 heteroatoms. The number of ether oxygens (including phenoxy) is 2. The number of benzene rings is 2. The summed E-state index contributed by atoms with van der Waals surface area (Å²) in [6.45, 7) is 2.38. The number of likely N-dealkylation sites (tertiary alicyclic amines) is 1. The van der Waals surface area contributed by atoms with Crippen molar-refractivity contribution in [3.05, 3.63) is 42.6 Å². The molecule has 1 amide bonds. The van der Waals surface area contributed by atoms with Gasteiger partial charge in [0.05, 0.1) is 11.0 Å². The summed E-state index contributed by atoms with van der Waals surface area (Å²) in [4.78, 5) is 28.6. The third kappa shape index (κ3) is 4.43. The van der Waals surface area contributed by atoms with Gasteiger partial charge in [0.1, 0.15) is 24.9 Å². The molecule has 1 atom stereocenters. The lowest BCUT2D eigenvalue weighted by atomic mass is 10.1. The van der Waals surface area contributed by atoms with Crippen LogP contribution in [0.25, 0.3) is 28.2 Å². The summed E-state index contributed by atoms with van der Waals surface area (Å²) in [5, 5.41) is 23.9. The van der Waals surface area contributed by atoms with E-state index in [-0.39, 0.29) is 29.4 Å². The Morgan fingerprint density at radius 3 is 2.64 bits per heavy atom. The van der Waals surface area contributed by atoms with Crippen LogP contribution >= 0.6 is 0 Å². The summed E-state index contributed by atoms with van der Waals surface area (Å²) in [7, 11) is 0. The molecule has 0 bridgehead atoms. The second-order valence-electron chi connectivity index (χ2n) is 10.2. The number of phenols is 2. The number of aromatic nitrogens is 4. The maximum absolute atomic E-state index is 12.6. The largest absolute Gasteiger partial charge is 0.504 e. The number of piperidine rings is 1. The molecule has 2 aromatic carbocycles. The van der Waals surface area contributed by atoms with Crippen molar-refractivity contribution in [2.24, 2.45) is 5.92 Å². The molecule has 0 unspecified atom stereocenters. The molecule has 0 radical (unpaired) electrons. The van der Waals surface area contributed by atoms with Crippen LogP contribution in [0, 0.1) is 5.92 Å². The zero-order chi connectivity index (χ0) is 26.5. The van der Waals surface area contributed by atoms with E-state index in [9.17, 15) is 15.0 Å². The predicted octanol–water partition coefficient (Wildman–Crippen LogP) is 3.48. The maximum atomic E-state index is 12.6. The van der Waals surface area contributed by atoms with Crippen LogP contribution < -0.4 is 14.8 Å². The fourth-order valence-corrected chi connectivity index (χ4v) is 5.32. The van der Waals surface area contributed by atoms with Crippen molar-refractivity contribution in [1.29, 1.82) is 0 Å². The van der Waals surface area contributed by atoms with Crippen LogP contribution in [0.4, 0.5) is 5.95 Å². The molecule has 7 rings (SSSR count). The number of nitrogens with one attached hydrogen (secondary N) is 1. The molecule has 4 heterocycles. The van der Waals surface area contributed by atoms with Crippen molar-refractivity contribution < 1.29 is 24.5 Å². The van der Waals surface area contributed by atoms with E-state index in [1.165, 1.54) is 12.1 Å². The first-order valence-electron chi connectivity index (χ1n) is 13.3. The highest BCUT2D eigenvalue weighted by atomic mass is 16.6. The van der Waals surface area contributed by atoms with Gasteiger partial charge in [-0.1, -0.05) is 0 Å². The Balaban J connectivity index is 1.26. The standard InChI is InChI=1S/C28H28N6O5/c35-21-13-19-20(14-22(21)36)34(26(31-19)17-5-6-23-24(12-17)39-11-10-38-23)25-7-8-29-28(32-25)30-18-2-1-9-33(15-18)27(37)16-3-4-16/h5-8,12-14,16,18,35-36H,1-4,9-11,15H2,(H,29,30,32)/t18-/m1/s1. The summed E-state index contributed by atoms with van der Waals surface area (Å²) in [5.41, 5.74) is 1.81. The van der Waals surface area contributed by atoms with E-state index in [4.69, 9.17) is 19.4 Å². The van der Waals surface area contributed by atoms with Crippen molar-refractivity contribution in [3.8, 4) is 40.2 Å². The molecule has 1 saturated carbocycles. The van der Waals surface area contributed by atoms with Gasteiger partial charge in [-0.3, -0.25) is 9.36 Å². The molecule has 11 nitrogen and oxygen atoms in total. The molecular formula is C28H28N6O5. The zero-order valence-electron chi connectivity index (χ0n) is 21.2. The molecule has 3 aliphatic rings. The van der Waals surface area contributed by atoms with Crippen molar-refractivity contribution in [2.45, 2.75) is 31.7 Å². The second-order valence-corrected chi connectivity index (χ2v) is 10.2. The summed E-state index contributed by atoms with van der Waals surface area (Å²) >= 11 is 0. The Hall–Kier alpha value is -4.54. The molecule has 3 N–H and O–H groups in total.